The summed E-state index contributed by atoms with van der Waals surface area (Å²) in [4.78, 5) is 18.9. The van der Waals surface area contributed by atoms with Gasteiger partial charge in [0.25, 0.3) is 0 Å². The highest BCUT2D eigenvalue weighted by Crippen LogP contribution is 1.61. The van der Waals surface area contributed by atoms with Crippen LogP contribution in [0.4, 0.5) is 0 Å². The van der Waals surface area contributed by atoms with Gasteiger partial charge in [-0.1, -0.05) is 0 Å². The number of carbonyl (C=O) groups excluding carboxylic acids is 1. The van der Waals surface area contributed by atoms with Crippen molar-refractivity contribution in [2.24, 2.45) is 0 Å². The van der Waals surface area contributed by atoms with E-state index in [0.717, 1.165) is 6.92 Å². The summed E-state index contributed by atoms with van der Waals surface area (Å²) in [6.07, 6.45) is 0. The summed E-state index contributed by atoms with van der Waals surface area (Å²) in [6.45, 7) is 1.00. The SMILES string of the molecule is CC(=O)C(=O)O.O=P. The van der Waals surface area contributed by atoms with Crippen molar-refractivity contribution >= 4 is 20.9 Å². The summed E-state index contributed by atoms with van der Waals surface area (Å²) in [7, 11) is 1.72. The lowest BCUT2D eigenvalue weighted by Gasteiger charge is -1.73. The molecule has 5 heteroatoms. The maximum absolute atomic E-state index is 9.54. The van der Waals surface area contributed by atoms with E-state index >= 15 is 0 Å². The van der Waals surface area contributed by atoms with Gasteiger partial charge in [0.05, 0.1) is 0 Å². The second-order valence-electron chi connectivity index (χ2n) is 0.861. The minimum atomic E-state index is -1.38. The molecule has 0 aromatic carbocycles. The molecule has 0 bridgehead atoms. The Morgan fingerprint density at radius 1 is 1.38 bits per heavy atom. The predicted molar refractivity (Wildman–Crippen MR) is 27.3 cm³/mol. The molecule has 0 spiro atoms. The molecule has 46 valence electrons. The molecule has 0 aromatic heterocycles. The maximum atomic E-state index is 9.54. The predicted octanol–water partition coefficient (Wildman–Crippen LogP) is 0.135. The third-order valence-corrected chi connectivity index (χ3v) is 0.301. The molecule has 0 amide bonds. The zero-order valence-electron chi connectivity index (χ0n) is 4.17. The first-order valence-corrected chi connectivity index (χ1v) is 1.99. The van der Waals surface area contributed by atoms with Crippen LogP contribution >= 0.6 is 9.12 Å². The van der Waals surface area contributed by atoms with Crippen LogP contribution in [0, 0.1) is 0 Å². The molecule has 0 fully saturated rings. The molecule has 0 aromatic rings. The minimum Gasteiger partial charge on any atom is -0.476 e. The average molecular weight is 136 g/mol. The monoisotopic (exact) mass is 136 g/mol. The highest BCUT2D eigenvalue weighted by atomic mass is 31.0. The third kappa shape index (κ3) is 8.97. The minimum absolute atomic E-state index is 0.824. The van der Waals surface area contributed by atoms with Crippen molar-refractivity contribution in [2.75, 3.05) is 0 Å². The number of carboxylic acids is 1. The standard InChI is InChI=1S/C3H4O3.HOP/c1-2(4)3(5)6;1-2/h1H3,(H,5,6);2H. The van der Waals surface area contributed by atoms with E-state index in [1.165, 1.54) is 0 Å². The fraction of sp³-hybridized carbons (Fsp3) is 0.333. The van der Waals surface area contributed by atoms with Crippen molar-refractivity contribution in [3.8, 4) is 0 Å². The van der Waals surface area contributed by atoms with E-state index in [1.54, 1.807) is 9.12 Å². The Kier molecular flexibility index (Phi) is 8.01. The number of hydrogen-bond acceptors (Lipinski definition) is 3. The lowest BCUT2D eigenvalue weighted by atomic mass is 10.5. The van der Waals surface area contributed by atoms with Crippen LogP contribution in [0.25, 0.3) is 0 Å². The number of hydrogen-bond donors (Lipinski definition) is 1. The Morgan fingerprint density at radius 3 is 1.50 bits per heavy atom. The zero-order valence-corrected chi connectivity index (χ0v) is 5.17. The molecule has 0 aliphatic rings. The Morgan fingerprint density at radius 2 is 1.50 bits per heavy atom. The van der Waals surface area contributed by atoms with Crippen molar-refractivity contribution < 1.29 is 19.3 Å². The molecule has 0 radical (unpaired) electrons. The van der Waals surface area contributed by atoms with Gasteiger partial charge in [0.15, 0.2) is 0 Å². The van der Waals surface area contributed by atoms with Crippen molar-refractivity contribution in [2.45, 2.75) is 6.92 Å². The van der Waals surface area contributed by atoms with Gasteiger partial charge in [-0.05, 0) is 0 Å². The van der Waals surface area contributed by atoms with Crippen molar-refractivity contribution in [1.29, 1.82) is 0 Å². The Bertz CT molecular complexity index is 87.5. The zero-order chi connectivity index (χ0) is 7.15. The number of carbonyl (C=O) groups is 2. The Balaban J connectivity index is 0. The molecule has 0 heterocycles. The number of rotatable bonds is 1. The quantitative estimate of drug-likeness (QED) is 0.411. The second-order valence-corrected chi connectivity index (χ2v) is 0.861. The largest absolute Gasteiger partial charge is 0.476 e. The van der Waals surface area contributed by atoms with Crippen LogP contribution in [0.5, 0.6) is 0 Å². The molecule has 1 N–H and O–H groups in total. The summed E-state index contributed by atoms with van der Waals surface area (Å²) in [5.41, 5.74) is 0. The van der Waals surface area contributed by atoms with Crippen molar-refractivity contribution in [3.63, 3.8) is 0 Å². The second kappa shape index (κ2) is 6.24. The summed E-state index contributed by atoms with van der Waals surface area (Å²) < 4.78 is 8.06. The third-order valence-electron chi connectivity index (χ3n) is 0.301. The van der Waals surface area contributed by atoms with E-state index in [2.05, 4.69) is 0 Å². The van der Waals surface area contributed by atoms with Crippen LogP contribution in [0.15, 0.2) is 0 Å². The molecule has 8 heavy (non-hydrogen) atoms. The Hall–Kier alpha value is -0.760. The van der Waals surface area contributed by atoms with Gasteiger partial charge in [-0.25, -0.2) is 4.79 Å². The first kappa shape index (κ1) is 10.3. The van der Waals surface area contributed by atoms with Crippen molar-refractivity contribution in [3.05, 3.63) is 0 Å². The number of ketones is 1. The van der Waals surface area contributed by atoms with Gasteiger partial charge in [-0.3, -0.25) is 9.36 Å². The molecule has 0 saturated heterocycles. The number of carboxylic acid groups (broad SMARTS) is 1. The van der Waals surface area contributed by atoms with E-state index in [0.29, 0.717) is 0 Å². The summed E-state index contributed by atoms with van der Waals surface area (Å²) >= 11 is 0. The van der Waals surface area contributed by atoms with Gasteiger partial charge < -0.3 is 5.11 Å². The number of Topliss-reactive ketones (excluding diaryl/α,β-unsaturated/α-hetero) is 1. The van der Waals surface area contributed by atoms with E-state index in [-0.39, 0.29) is 0 Å². The molecular formula is C3H5O4P. The average Bonchev–Trinajstić information content (AvgIpc) is 1.72. The maximum Gasteiger partial charge on any atom is 0.371 e. The molecule has 4 nitrogen and oxygen atoms in total. The van der Waals surface area contributed by atoms with E-state index in [4.69, 9.17) is 9.67 Å². The lowest BCUT2D eigenvalue weighted by Crippen LogP contribution is -2.05. The summed E-state index contributed by atoms with van der Waals surface area (Å²) in [5.74, 6) is -2.20. The molecular weight excluding hydrogens is 131 g/mol. The van der Waals surface area contributed by atoms with Crippen LogP contribution in [0.3, 0.4) is 0 Å². The van der Waals surface area contributed by atoms with Crippen LogP contribution in [0.1, 0.15) is 6.92 Å². The molecule has 0 saturated carbocycles. The summed E-state index contributed by atoms with van der Waals surface area (Å²) in [5, 5.41) is 7.64. The molecule has 0 aliphatic carbocycles. The highest BCUT2D eigenvalue weighted by Gasteiger charge is 1.98. The normalized spacial score (nSPS) is 6.12. The lowest BCUT2D eigenvalue weighted by molar-refractivity contribution is -0.148. The van der Waals surface area contributed by atoms with Crippen LogP contribution in [-0.4, -0.2) is 16.9 Å². The van der Waals surface area contributed by atoms with E-state index in [9.17, 15) is 9.59 Å². The van der Waals surface area contributed by atoms with Crippen LogP contribution in [0.2, 0.25) is 0 Å². The smallest absolute Gasteiger partial charge is 0.371 e. The van der Waals surface area contributed by atoms with Gasteiger partial charge in [0.1, 0.15) is 9.12 Å². The van der Waals surface area contributed by atoms with Gasteiger partial charge in [-0.2, -0.15) is 0 Å². The van der Waals surface area contributed by atoms with Gasteiger partial charge >= 0.3 is 5.97 Å². The molecule has 0 rings (SSSR count). The summed E-state index contributed by atoms with van der Waals surface area (Å²) in [6, 6.07) is 0. The first-order valence-electron chi connectivity index (χ1n) is 1.59. The first-order chi connectivity index (χ1) is 3.64. The molecule has 0 unspecified atom stereocenters. The van der Waals surface area contributed by atoms with Gasteiger partial charge in [0.2, 0.25) is 5.78 Å². The number of aliphatic carboxylic acids is 1. The fourth-order valence-corrected chi connectivity index (χ4v) is 0. The molecule has 0 atom stereocenters. The Labute approximate surface area is 48.1 Å². The van der Waals surface area contributed by atoms with Crippen LogP contribution in [-0.2, 0) is 14.2 Å². The van der Waals surface area contributed by atoms with E-state index < -0.39 is 11.8 Å². The highest BCUT2D eigenvalue weighted by molar-refractivity contribution is 7.00. The molecule has 0 aliphatic heterocycles. The van der Waals surface area contributed by atoms with Gasteiger partial charge in [0, 0.05) is 6.92 Å². The van der Waals surface area contributed by atoms with E-state index in [1.807, 2.05) is 0 Å². The fourth-order valence-electron chi connectivity index (χ4n) is 0. The topological polar surface area (TPSA) is 71.4 Å². The van der Waals surface area contributed by atoms with Crippen molar-refractivity contribution in [1.82, 2.24) is 0 Å². The van der Waals surface area contributed by atoms with Crippen LogP contribution < -0.4 is 0 Å². The van der Waals surface area contributed by atoms with Gasteiger partial charge in [-0.15, -0.1) is 0 Å².